The van der Waals surface area contributed by atoms with Crippen molar-refractivity contribution >= 4 is 12.0 Å². The zero-order chi connectivity index (χ0) is 25.2. The van der Waals surface area contributed by atoms with Crippen LogP contribution in [0.3, 0.4) is 0 Å². The Morgan fingerprint density at radius 1 is 0.941 bits per heavy atom. The monoisotopic (exact) mass is 488 g/mol. The zero-order valence-corrected chi connectivity index (χ0v) is 18.0. The van der Waals surface area contributed by atoms with Crippen LogP contribution in [-0.4, -0.2) is 115 Å². The minimum absolute atomic E-state index is 0.346. The number of rotatable bonds is 6. The van der Waals surface area contributed by atoms with Crippen molar-refractivity contribution in [3.63, 3.8) is 0 Å². The summed E-state index contributed by atoms with van der Waals surface area (Å²) < 4.78 is 21.1. The van der Waals surface area contributed by atoms with Crippen molar-refractivity contribution in [3.8, 4) is 11.5 Å². The Bertz CT molecular complexity index is 876. The van der Waals surface area contributed by atoms with Crippen molar-refractivity contribution in [2.75, 3.05) is 6.61 Å². The molecule has 0 aliphatic carbocycles. The van der Waals surface area contributed by atoms with Gasteiger partial charge in [-0.1, -0.05) is 6.07 Å². The molecular weight excluding hydrogens is 460 g/mol. The van der Waals surface area contributed by atoms with Crippen LogP contribution < -0.4 is 0 Å². The highest BCUT2D eigenvalue weighted by molar-refractivity contribution is 5.87. The molecule has 13 nitrogen and oxygen atoms in total. The molecule has 8 N–H and O–H groups in total. The van der Waals surface area contributed by atoms with Gasteiger partial charge in [0.25, 0.3) is 0 Å². The van der Waals surface area contributed by atoms with Gasteiger partial charge in [-0.25, -0.2) is 4.79 Å². The Hall–Kier alpha value is -2.33. The van der Waals surface area contributed by atoms with Crippen molar-refractivity contribution in [1.29, 1.82) is 0 Å². The van der Waals surface area contributed by atoms with Crippen molar-refractivity contribution in [2.24, 2.45) is 0 Å². The molecule has 0 amide bonds. The number of aliphatic hydroxyl groups excluding tert-OH is 6. The van der Waals surface area contributed by atoms with Gasteiger partial charge in [0.05, 0.1) is 12.7 Å². The van der Waals surface area contributed by atoms with Crippen molar-refractivity contribution < 1.29 is 64.6 Å². The maximum Gasteiger partial charge on any atom is 0.333 e. The molecule has 1 aromatic carbocycles. The average molecular weight is 488 g/mol. The van der Waals surface area contributed by atoms with Crippen LogP contribution in [0.4, 0.5) is 0 Å². The van der Waals surface area contributed by atoms with Crippen LogP contribution in [0, 0.1) is 0 Å². The Morgan fingerprint density at radius 2 is 1.65 bits per heavy atom. The Labute approximate surface area is 193 Å². The normalized spacial score (nSPS) is 38.7. The van der Waals surface area contributed by atoms with Gasteiger partial charge in [0, 0.05) is 6.08 Å². The molecule has 10 atom stereocenters. The third kappa shape index (κ3) is 5.66. The number of carbonyl (C=O) groups is 1. The number of phenols is 2. The summed E-state index contributed by atoms with van der Waals surface area (Å²) in [6, 6.07) is 3.81. The molecule has 1 aromatic rings. The van der Waals surface area contributed by atoms with Gasteiger partial charge >= 0.3 is 5.97 Å². The Morgan fingerprint density at radius 3 is 2.29 bits per heavy atom. The van der Waals surface area contributed by atoms with E-state index in [9.17, 15) is 45.6 Å². The molecule has 2 aliphatic heterocycles. The van der Waals surface area contributed by atoms with E-state index in [1.165, 1.54) is 31.2 Å². The summed E-state index contributed by atoms with van der Waals surface area (Å²) in [6.07, 6.45) is -13.2. The molecule has 0 spiro atoms. The maximum atomic E-state index is 12.2. The fourth-order valence-corrected chi connectivity index (χ4v) is 3.55. The minimum Gasteiger partial charge on any atom is -0.504 e. The smallest absolute Gasteiger partial charge is 0.333 e. The van der Waals surface area contributed by atoms with Crippen molar-refractivity contribution in [3.05, 3.63) is 29.8 Å². The third-order valence-electron chi connectivity index (χ3n) is 5.57. The standard InChI is InChI=1S/C21H28O13/c1-8-14(26)16(28)17(29)20(31-8)34-19-15(27)12(7-22)32-21(18(19)30)33-13(25)5-3-9-2-4-10(23)11(24)6-9/h2-6,8,12,14-24,26-30H,7H2,1H3/b5-3+/t8-,12+,14-,15+,16+,17+,18+,19-,20-,21-/m0/s1. The fraction of sp³-hybridized carbons (Fsp3) is 0.571. The van der Waals surface area contributed by atoms with Gasteiger partial charge in [-0.05, 0) is 30.7 Å². The lowest BCUT2D eigenvalue weighted by Gasteiger charge is -2.45. The predicted octanol–water partition coefficient (Wildman–Crippen LogP) is -2.69. The van der Waals surface area contributed by atoms with E-state index < -0.39 is 79.7 Å². The highest BCUT2D eigenvalue weighted by Crippen LogP contribution is 2.30. The van der Waals surface area contributed by atoms with Gasteiger partial charge < -0.3 is 59.8 Å². The SMILES string of the molecule is C[C@@H]1O[C@@H](O[C@@H]2[C@@H](O)[C@H](OC(=O)/C=C/c3ccc(O)c(O)c3)O[C@H](CO)[C@H]2O)[C@H](O)[C@H](O)[C@H]1O. The lowest BCUT2D eigenvalue weighted by molar-refractivity contribution is -0.352. The molecule has 0 saturated carbocycles. The van der Waals surface area contributed by atoms with E-state index in [0.29, 0.717) is 5.56 Å². The number of benzene rings is 1. The average Bonchev–Trinajstić information content (AvgIpc) is 2.81. The van der Waals surface area contributed by atoms with Crippen LogP contribution in [0.25, 0.3) is 6.08 Å². The lowest BCUT2D eigenvalue weighted by atomic mass is 9.97. The second kappa shape index (κ2) is 10.9. The van der Waals surface area contributed by atoms with Crippen LogP contribution in [-0.2, 0) is 23.7 Å². The number of esters is 1. The summed E-state index contributed by atoms with van der Waals surface area (Å²) >= 11 is 0. The van der Waals surface area contributed by atoms with Gasteiger partial charge in [-0.2, -0.15) is 0 Å². The number of hydrogen-bond donors (Lipinski definition) is 8. The van der Waals surface area contributed by atoms with Crippen molar-refractivity contribution in [1.82, 2.24) is 0 Å². The maximum absolute atomic E-state index is 12.2. The Balaban J connectivity index is 1.70. The van der Waals surface area contributed by atoms with Gasteiger partial charge in [0.15, 0.2) is 17.8 Å². The number of ether oxygens (including phenoxy) is 4. The van der Waals surface area contributed by atoms with E-state index in [-0.39, 0.29) is 5.75 Å². The van der Waals surface area contributed by atoms with E-state index in [1.54, 1.807) is 0 Å². The summed E-state index contributed by atoms with van der Waals surface area (Å²) in [5.41, 5.74) is 0.348. The molecule has 3 rings (SSSR count). The number of aliphatic hydroxyl groups is 6. The summed E-state index contributed by atoms with van der Waals surface area (Å²) in [4.78, 5) is 12.2. The van der Waals surface area contributed by atoms with Crippen LogP contribution in [0.1, 0.15) is 12.5 Å². The fourth-order valence-electron chi connectivity index (χ4n) is 3.55. The van der Waals surface area contributed by atoms with Crippen LogP contribution in [0.5, 0.6) is 11.5 Å². The van der Waals surface area contributed by atoms with Crippen molar-refractivity contribution in [2.45, 2.75) is 68.3 Å². The van der Waals surface area contributed by atoms with Crippen LogP contribution in [0.15, 0.2) is 24.3 Å². The second-order valence-electron chi connectivity index (χ2n) is 8.01. The first-order chi connectivity index (χ1) is 16.0. The van der Waals surface area contributed by atoms with Gasteiger partial charge in [0.1, 0.15) is 42.7 Å². The minimum atomic E-state index is -1.80. The quantitative estimate of drug-likeness (QED) is 0.116. The molecule has 13 heteroatoms. The van der Waals surface area contributed by atoms with E-state index in [0.717, 1.165) is 6.08 Å². The molecule has 2 saturated heterocycles. The van der Waals surface area contributed by atoms with Gasteiger partial charge in [-0.15, -0.1) is 0 Å². The summed E-state index contributed by atoms with van der Waals surface area (Å²) in [7, 11) is 0. The molecule has 0 aromatic heterocycles. The third-order valence-corrected chi connectivity index (χ3v) is 5.57. The van der Waals surface area contributed by atoms with E-state index >= 15 is 0 Å². The van der Waals surface area contributed by atoms with E-state index in [2.05, 4.69) is 0 Å². The molecular formula is C21H28O13. The molecule has 2 fully saturated rings. The molecule has 34 heavy (non-hydrogen) atoms. The Kier molecular flexibility index (Phi) is 8.46. The van der Waals surface area contributed by atoms with E-state index in [4.69, 9.17) is 18.9 Å². The number of aromatic hydroxyl groups is 2. The molecule has 0 unspecified atom stereocenters. The number of phenolic OH excluding ortho intramolecular Hbond substituents is 2. The van der Waals surface area contributed by atoms with E-state index in [1.807, 2.05) is 0 Å². The molecule has 0 radical (unpaired) electrons. The zero-order valence-electron chi connectivity index (χ0n) is 18.0. The highest BCUT2D eigenvalue weighted by atomic mass is 16.7. The first kappa shape index (κ1) is 26.3. The molecule has 0 bridgehead atoms. The largest absolute Gasteiger partial charge is 0.504 e. The number of carbonyl (C=O) groups excluding carboxylic acids is 1. The summed E-state index contributed by atoms with van der Waals surface area (Å²) in [5.74, 6) is -1.74. The van der Waals surface area contributed by atoms with Gasteiger partial charge in [0.2, 0.25) is 6.29 Å². The summed E-state index contributed by atoms with van der Waals surface area (Å²) in [6.45, 7) is 0.671. The molecule has 2 heterocycles. The first-order valence-corrected chi connectivity index (χ1v) is 10.4. The molecule has 2 aliphatic rings. The highest BCUT2D eigenvalue weighted by Gasteiger charge is 2.51. The first-order valence-electron chi connectivity index (χ1n) is 10.4. The topological polar surface area (TPSA) is 216 Å². The van der Waals surface area contributed by atoms with Crippen LogP contribution >= 0.6 is 0 Å². The second-order valence-corrected chi connectivity index (χ2v) is 8.01. The summed E-state index contributed by atoms with van der Waals surface area (Å²) in [5, 5.41) is 79.3. The number of hydrogen-bond acceptors (Lipinski definition) is 13. The lowest BCUT2D eigenvalue weighted by Crippen LogP contribution is -2.64. The molecule has 190 valence electrons. The predicted molar refractivity (Wildman–Crippen MR) is 110 cm³/mol. The van der Waals surface area contributed by atoms with Gasteiger partial charge in [-0.3, -0.25) is 0 Å². The van der Waals surface area contributed by atoms with Crippen LogP contribution in [0.2, 0.25) is 0 Å².